The van der Waals surface area contributed by atoms with Gasteiger partial charge in [0.05, 0.1) is 5.69 Å². The van der Waals surface area contributed by atoms with Crippen molar-refractivity contribution in [2.24, 2.45) is 0 Å². The Hall–Kier alpha value is -2.95. The van der Waals surface area contributed by atoms with Crippen molar-refractivity contribution in [2.75, 3.05) is 5.32 Å². The second-order valence-corrected chi connectivity index (χ2v) is 8.03. The molecule has 0 fully saturated rings. The molecule has 0 saturated carbocycles. The fourth-order valence-corrected chi connectivity index (χ4v) is 3.20. The second-order valence-electron chi connectivity index (χ2n) is 6.20. The van der Waals surface area contributed by atoms with Gasteiger partial charge in [-0.15, -0.1) is 0 Å². The summed E-state index contributed by atoms with van der Waals surface area (Å²) < 4.78 is 21.4. The quantitative estimate of drug-likeness (QED) is 0.294. The van der Waals surface area contributed by atoms with Crippen molar-refractivity contribution in [3.8, 4) is 11.8 Å². The number of carbonyl (C=O) groups is 1. The number of amides is 1. The average molecular weight is 530 g/mol. The largest absolute Gasteiger partial charge is 0.488 e. The van der Waals surface area contributed by atoms with Crippen LogP contribution in [0.2, 0.25) is 0 Å². The summed E-state index contributed by atoms with van der Waals surface area (Å²) >= 11 is 6.78. The second kappa shape index (κ2) is 10.2. The van der Waals surface area contributed by atoms with Crippen LogP contribution in [0.1, 0.15) is 11.1 Å². The molecule has 0 saturated heterocycles. The molecule has 0 radical (unpaired) electrons. The third-order valence-electron chi connectivity index (χ3n) is 4.07. The predicted molar refractivity (Wildman–Crippen MR) is 121 cm³/mol. The normalized spacial score (nSPS) is 10.9. The number of para-hydroxylation sites is 1. The summed E-state index contributed by atoms with van der Waals surface area (Å²) in [5.41, 5.74) is 1.34. The topological polar surface area (TPSA) is 62.1 Å². The fourth-order valence-electron chi connectivity index (χ4n) is 2.56. The molecule has 0 spiro atoms. The van der Waals surface area contributed by atoms with Gasteiger partial charge in [-0.2, -0.15) is 5.26 Å². The summed E-state index contributed by atoms with van der Waals surface area (Å²) in [5, 5.41) is 11.9. The molecule has 0 unspecified atom stereocenters. The van der Waals surface area contributed by atoms with Gasteiger partial charge in [0.2, 0.25) is 0 Å². The number of nitrogens with one attached hydrogen (secondary N) is 1. The number of nitrogens with zero attached hydrogens (tertiary/aromatic N) is 1. The fraction of sp³-hybridized carbons (Fsp3) is 0.0435. The van der Waals surface area contributed by atoms with Crippen molar-refractivity contribution in [1.82, 2.24) is 0 Å². The van der Waals surface area contributed by atoms with Crippen molar-refractivity contribution >= 4 is 49.5 Å². The van der Waals surface area contributed by atoms with Crippen LogP contribution in [0.25, 0.3) is 6.08 Å². The first-order valence-electron chi connectivity index (χ1n) is 8.81. The first-order chi connectivity index (χ1) is 14.5. The molecule has 4 nitrogen and oxygen atoms in total. The van der Waals surface area contributed by atoms with Crippen LogP contribution in [0.3, 0.4) is 0 Å². The SMILES string of the molecule is N#C/C(=C/c1cc(Br)ccc1OCc1ccc(Br)cc1)C(=O)Nc1ccccc1F. The highest BCUT2D eigenvalue weighted by Gasteiger charge is 2.13. The van der Waals surface area contributed by atoms with Crippen molar-refractivity contribution in [2.45, 2.75) is 6.61 Å². The molecule has 0 bridgehead atoms. The summed E-state index contributed by atoms with van der Waals surface area (Å²) in [6, 6.07) is 20.6. The summed E-state index contributed by atoms with van der Waals surface area (Å²) in [4.78, 5) is 12.5. The van der Waals surface area contributed by atoms with E-state index in [-0.39, 0.29) is 11.3 Å². The van der Waals surface area contributed by atoms with Crippen LogP contribution in [0.4, 0.5) is 10.1 Å². The van der Waals surface area contributed by atoms with Crippen LogP contribution in [-0.4, -0.2) is 5.91 Å². The van der Waals surface area contributed by atoms with Crippen LogP contribution in [0.15, 0.2) is 81.2 Å². The highest BCUT2D eigenvalue weighted by Crippen LogP contribution is 2.27. The molecule has 7 heteroatoms. The number of rotatable bonds is 6. The van der Waals surface area contributed by atoms with Crippen LogP contribution >= 0.6 is 31.9 Å². The number of hydrogen-bond acceptors (Lipinski definition) is 3. The Morgan fingerprint density at radius 1 is 1.07 bits per heavy atom. The minimum absolute atomic E-state index is 0.00426. The molecule has 30 heavy (non-hydrogen) atoms. The Morgan fingerprint density at radius 3 is 2.47 bits per heavy atom. The Labute approximate surface area is 190 Å². The lowest BCUT2D eigenvalue weighted by Gasteiger charge is -2.11. The van der Waals surface area contributed by atoms with E-state index in [1.165, 1.54) is 24.3 Å². The van der Waals surface area contributed by atoms with Crippen molar-refractivity contribution in [3.63, 3.8) is 0 Å². The van der Waals surface area contributed by atoms with E-state index in [0.29, 0.717) is 17.9 Å². The highest BCUT2D eigenvalue weighted by atomic mass is 79.9. The zero-order valence-electron chi connectivity index (χ0n) is 15.5. The van der Waals surface area contributed by atoms with Crippen molar-refractivity contribution < 1.29 is 13.9 Å². The van der Waals surface area contributed by atoms with E-state index in [1.54, 1.807) is 24.3 Å². The van der Waals surface area contributed by atoms with Crippen LogP contribution in [-0.2, 0) is 11.4 Å². The number of halogens is 3. The van der Waals surface area contributed by atoms with Gasteiger partial charge in [0.1, 0.15) is 29.8 Å². The third kappa shape index (κ3) is 5.78. The maximum absolute atomic E-state index is 13.8. The maximum Gasteiger partial charge on any atom is 0.266 e. The van der Waals surface area contributed by atoms with E-state index in [4.69, 9.17) is 4.74 Å². The third-order valence-corrected chi connectivity index (χ3v) is 5.09. The highest BCUT2D eigenvalue weighted by molar-refractivity contribution is 9.10. The van der Waals surface area contributed by atoms with Gasteiger partial charge in [-0.1, -0.05) is 56.1 Å². The van der Waals surface area contributed by atoms with Gasteiger partial charge < -0.3 is 10.1 Å². The minimum Gasteiger partial charge on any atom is -0.488 e. The molecule has 3 aromatic carbocycles. The molecule has 0 atom stereocenters. The Bertz CT molecular complexity index is 1140. The smallest absolute Gasteiger partial charge is 0.266 e. The maximum atomic E-state index is 13.8. The number of carbonyl (C=O) groups excluding carboxylic acids is 1. The number of benzene rings is 3. The molecule has 0 aliphatic rings. The number of nitriles is 1. The van der Waals surface area contributed by atoms with E-state index < -0.39 is 11.7 Å². The van der Waals surface area contributed by atoms with Gasteiger partial charge in [0.15, 0.2) is 0 Å². The molecule has 0 heterocycles. The number of anilines is 1. The van der Waals surface area contributed by atoms with Crippen molar-refractivity contribution in [3.05, 3.63) is 98.2 Å². The van der Waals surface area contributed by atoms with E-state index in [2.05, 4.69) is 37.2 Å². The van der Waals surface area contributed by atoms with Gasteiger partial charge in [-0.3, -0.25) is 4.79 Å². The van der Waals surface area contributed by atoms with Crippen LogP contribution in [0, 0.1) is 17.1 Å². The Balaban J connectivity index is 1.83. The average Bonchev–Trinajstić information content (AvgIpc) is 2.74. The van der Waals surface area contributed by atoms with Gasteiger partial charge in [-0.25, -0.2) is 4.39 Å². The number of ether oxygens (including phenoxy) is 1. The molecule has 3 rings (SSSR count). The first kappa shape index (κ1) is 21.8. The Kier molecular flexibility index (Phi) is 7.39. The zero-order chi connectivity index (χ0) is 21.5. The van der Waals surface area contributed by atoms with Gasteiger partial charge in [-0.05, 0) is 54.1 Å². The number of hydrogen-bond donors (Lipinski definition) is 1. The lowest BCUT2D eigenvalue weighted by Crippen LogP contribution is -2.14. The standard InChI is InChI=1S/C23H15Br2FN2O2/c24-18-7-5-15(6-8-18)14-30-22-10-9-19(25)12-16(22)11-17(13-27)23(29)28-21-4-2-1-3-20(21)26/h1-12H,14H2,(H,28,29)/b17-11-. The monoisotopic (exact) mass is 528 g/mol. The van der Waals surface area contributed by atoms with E-state index in [9.17, 15) is 14.4 Å². The molecule has 0 aliphatic heterocycles. The van der Waals surface area contributed by atoms with E-state index in [1.807, 2.05) is 30.3 Å². The van der Waals surface area contributed by atoms with Crippen LogP contribution in [0.5, 0.6) is 5.75 Å². The van der Waals surface area contributed by atoms with Crippen LogP contribution < -0.4 is 10.1 Å². The summed E-state index contributed by atoms with van der Waals surface area (Å²) in [5.74, 6) is -0.780. The summed E-state index contributed by atoms with van der Waals surface area (Å²) in [6.07, 6.45) is 1.41. The molecule has 3 aromatic rings. The molecule has 0 aliphatic carbocycles. The van der Waals surface area contributed by atoms with E-state index >= 15 is 0 Å². The van der Waals surface area contributed by atoms with Gasteiger partial charge in [0, 0.05) is 14.5 Å². The lowest BCUT2D eigenvalue weighted by atomic mass is 10.1. The molecule has 1 amide bonds. The minimum atomic E-state index is -0.707. The molecule has 1 N–H and O–H groups in total. The van der Waals surface area contributed by atoms with Gasteiger partial charge in [0.25, 0.3) is 5.91 Å². The van der Waals surface area contributed by atoms with Gasteiger partial charge >= 0.3 is 0 Å². The molecular weight excluding hydrogens is 515 g/mol. The van der Waals surface area contributed by atoms with E-state index in [0.717, 1.165) is 14.5 Å². The summed E-state index contributed by atoms with van der Waals surface area (Å²) in [7, 11) is 0. The predicted octanol–water partition coefficient (Wildman–Crippen LogP) is 6.48. The molecule has 150 valence electrons. The molecular formula is C23H15Br2FN2O2. The summed E-state index contributed by atoms with van der Waals surface area (Å²) in [6.45, 7) is 0.319. The zero-order valence-corrected chi connectivity index (χ0v) is 18.7. The first-order valence-corrected chi connectivity index (χ1v) is 10.4. The van der Waals surface area contributed by atoms with Crippen molar-refractivity contribution in [1.29, 1.82) is 5.26 Å². The Morgan fingerprint density at radius 2 is 1.77 bits per heavy atom. The lowest BCUT2D eigenvalue weighted by molar-refractivity contribution is -0.112. The molecule has 0 aromatic heterocycles.